The van der Waals surface area contributed by atoms with E-state index in [4.69, 9.17) is 0 Å². The third kappa shape index (κ3) is 12.6. The van der Waals surface area contributed by atoms with Gasteiger partial charge in [-0.15, -0.1) is 0 Å². The SMILES string of the molecule is Cc1c(-c2cccc[n+]2C)cc2c3c1CCC3(C)CCC2.Cc1c(-c2cccc[n+]2C)cc2c3c1CCC3CC2.Cc1c(-c2cccc[n+]2C)cc2c3c1CCC3CCC2.Cc1c(-c2cccc[n+]2C)cc2c3c1CCCC3(C)CCC2.Cc1c(-c2cccc[n+]2C)cc2c3c1CCCC3CCC2. The number of nitrogens with zero attached hydrogens (tertiary/aromatic N) is 5. The van der Waals surface area contributed by atoms with Crippen LogP contribution in [0.3, 0.4) is 0 Å². The summed E-state index contributed by atoms with van der Waals surface area (Å²) >= 11 is 0. The van der Waals surface area contributed by atoms with E-state index in [0.717, 1.165) is 17.8 Å². The molecule has 10 aromatic rings. The Bertz CT molecular complexity index is 4900. The second kappa shape index (κ2) is 28.4. The molecular weight excluding hydrogens is 1250 g/mol. The van der Waals surface area contributed by atoms with Gasteiger partial charge in [-0.2, -0.15) is 0 Å². The van der Waals surface area contributed by atoms with Crippen LogP contribution in [0.25, 0.3) is 56.3 Å². The lowest BCUT2D eigenvalue weighted by Gasteiger charge is -2.42. The van der Waals surface area contributed by atoms with Crippen molar-refractivity contribution in [1.29, 1.82) is 0 Å². The summed E-state index contributed by atoms with van der Waals surface area (Å²) in [5, 5.41) is 0. The lowest BCUT2D eigenvalue weighted by atomic mass is 9.62. The van der Waals surface area contributed by atoms with E-state index in [1.165, 1.54) is 251 Å². The maximum Gasteiger partial charge on any atom is 0.212 e. The van der Waals surface area contributed by atoms with E-state index in [9.17, 15) is 0 Å². The minimum atomic E-state index is 0.448. The van der Waals surface area contributed by atoms with Crippen molar-refractivity contribution >= 4 is 0 Å². The molecule has 5 aromatic heterocycles. The molecule has 10 aliphatic rings. The molecule has 0 saturated carbocycles. The molecule has 5 heterocycles. The van der Waals surface area contributed by atoms with Crippen molar-refractivity contribution in [3.8, 4) is 56.3 Å². The maximum absolute atomic E-state index is 2.51. The monoisotopic (exact) mass is 1360 g/mol. The van der Waals surface area contributed by atoms with Crippen LogP contribution in [0.1, 0.15) is 246 Å². The van der Waals surface area contributed by atoms with E-state index in [0.29, 0.717) is 10.8 Å². The van der Waals surface area contributed by atoms with Crippen LogP contribution in [0.4, 0.5) is 0 Å². The second-order valence-corrected chi connectivity index (χ2v) is 34.0. The van der Waals surface area contributed by atoms with Crippen molar-refractivity contribution in [3.05, 3.63) is 264 Å². The summed E-state index contributed by atoms with van der Waals surface area (Å²) in [4.78, 5) is 0. The van der Waals surface area contributed by atoms with Gasteiger partial charge in [-0.1, -0.05) is 13.8 Å². The van der Waals surface area contributed by atoms with Gasteiger partial charge < -0.3 is 0 Å². The molecule has 0 radical (unpaired) electrons. The van der Waals surface area contributed by atoms with Crippen molar-refractivity contribution < 1.29 is 22.8 Å². The normalized spacial score (nSPS) is 21.3. The Labute approximate surface area is 618 Å². The smallest absolute Gasteiger partial charge is 0.201 e. The Morgan fingerprint density at radius 1 is 0.272 bits per heavy atom. The molecule has 0 N–H and O–H groups in total. The lowest BCUT2D eigenvalue weighted by Crippen LogP contribution is -2.34. The number of rotatable bonds is 5. The lowest BCUT2D eigenvalue weighted by molar-refractivity contribution is -0.660. The van der Waals surface area contributed by atoms with Gasteiger partial charge in [-0.25, -0.2) is 22.8 Å². The summed E-state index contributed by atoms with van der Waals surface area (Å²) in [6.07, 6.45) is 45.6. The van der Waals surface area contributed by atoms with Crippen LogP contribution in [0.5, 0.6) is 0 Å². The zero-order valence-corrected chi connectivity index (χ0v) is 64.8. The third-order valence-corrected chi connectivity index (χ3v) is 27.9. The van der Waals surface area contributed by atoms with Gasteiger partial charge in [0, 0.05) is 88.5 Å². The van der Waals surface area contributed by atoms with Gasteiger partial charge in [-0.3, -0.25) is 0 Å². The molecule has 528 valence electrons. The summed E-state index contributed by atoms with van der Waals surface area (Å²) in [5.41, 5.74) is 47.6. The van der Waals surface area contributed by atoms with Crippen molar-refractivity contribution in [2.75, 3.05) is 0 Å². The molecule has 5 nitrogen and oxygen atoms in total. The van der Waals surface area contributed by atoms with Crippen molar-refractivity contribution in [2.45, 2.75) is 244 Å². The van der Waals surface area contributed by atoms with Crippen LogP contribution in [0.2, 0.25) is 0 Å². The molecule has 0 bridgehead atoms. The third-order valence-electron chi connectivity index (χ3n) is 27.9. The minimum absolute atomic E-state index is 0.448. The molecule has 0 aliphatic heterocycles. The highest BCUT2D eigenvalue weighted by atomic mass is 14.9. The Balaban J connectivity index is 0.0000000995. The van der Waals surface area contributed by atoms with E-state index < -0.39 is 0 Å². The quantitative estimate of drug-likeness (QED) is 0.153. The Morgan fingerprint density at radius 2 is 0.544 bits per heavy atom. The largest absolute Gasteiger partial charge is 0.212 e. The molecular formula is C98H116N5+5. The standard InChI is InChI=1S/C21H26N.2C20H24N.C19H22N.C18H20N/c1-15-17-9-7-12-21(2)11-6-8-16(20(17)21)14-18(15)19-10-4-5-13-22(19)3;1-14-16-9-11-20(2)10-6-7-15(19(16)20)13-17(14)18-8-4-5-12-21(18)3;1-14-17-10-6-8-15-7-5-9-16(20(15)17)13-18(14)19-11-3-4-12-21(19)2;1-13-16-10-9-14-6-5-7-15(19(14)16)12-17(13)18-8-3-4-11-20(18)2;1-12-15-9-8-13-6-7-14(18(13)15)11-16(12)17-5-3-4-10-19(17)2/h4-5,10,13-14H,6-9,11-12H2,1-3H3;4-5,8,12-13H,6-7,9-11H2,1-3H3;3-4,11-13,15H,5-10H2,1-2H3;3-4,8,11-12,14H,5-7,9-10H2,1-2H3;3-5,10-11,13H,6-9H2,1-2H3/q5*+1. The van der Waals surface area contributed by atoms with Crippen LogP contribution in [0, 0.1) is 34.6 Å². The zero-order valence-electron chi connectivity index (χ0n) is 64.8. The molecule has 5 atom stereocenters. The highest BCUT2D eigenvalue weighted by Crippen LogP contribution is 2.53. The van der Waals surface area contributed by atoms with E-state index in [2.05, 4.69) is 259 Å². The Morgan fingerprint density at radius 3 is 0.932 bits per heavy atom. The topological polar surface area (TPSA) is 19.4 Å². The first-order chi connectivity index (χ1) is 50.0. The van der Waals surface area contributed by atoms with Crippen LogP contribution in [-0.4, -0.2) is 0 Å². The van der Waals surface area contributed by atoms with Crippen molar-refractivity contribution in [3.63, 3.8) is 0 Å². The summed E-state index contributed by atoms with van der Waals surface area (Å²) in [6, 6.07) is 45.0. The van der Waals surface area contributed by atoms with Gasteiger partial charge in [0.05, 0.1) is 0 Å². The molecule has 0 fully saturated rings. The van der Waals surface area contributed by atoms with Crippen molar-refractivity contribution in [2.24, 2.45) is 35.2 Å². The predicted molar refractivity (Wildman–Crippen MR) is 423 cm³/mol. The van der Waals surface area contributed by atoms with Gasteiger partial charge in [0.1, 0.15) is 35.2 Å². The summed E-state index contributed by atoms with van der Waals surface area (Å²) < 4.78 is 11.2. The summed E-state index contributed by atoms with van der Waals surface area (Å²) in [5.74, 6) is 2.60. The number of aryl methyl sites for hydroxylation is 10. The minimum Gasteiger partial charge on any atom is -0.201 e. The number of aromatic nitrogens is 5. The molecule has 0 saturated heterocycles. The maximum atomic E-state index is 2.51. The fourth-order valence-electron chi connectivity index (χ4n) is 22.5. The Hall–Kier alpha value is -8.15. The number of pyridine rings is 5. The fraction of sp³-hybridized carbons (Fsp3) is 0.439. The van der Waals surface area contributed by atoms with Crippen molar-refractivity contribution in [1.82, 2.24) is 0 Å². The second-order valence-electron chi connectivity index (χ2n) is 34.0. The average Bonchev–Trinajstić information content (AvgIpc) is 1.61. The van der Waals surface area contributed by atoms with Gasteiger partial charge in [-0.05, 0) is 402 Å². The van der Waals surface area contributed by atoms with Gasteiger partial charge >= 0.3 is 0 Å². The van der Waals surface area contributed by atoms with Crippen LogP contribution < -0.4 is 22.8 Å². The van der Waals surface area contributed by atoms with Gasteiger partial charge in [0.25, 0.3) is 0 Å². The van der Waals surface area contributed by atoms with E-state index in [-0.39, 0.29) is 0 Å². The molecule has 10 aliphatic carbocycles. The molecule has 0 amide bonds. The predicted octanol–water partition coefficient (Wildman–Crippen LogP) is 20.0. The molecule has 103 heavy (non-hydrogen) atoms. The molecule has 5 unspecified atom stereocenters. The van der Waals surface area contributed by atoms with Gasteiger partial charge in [0.15, 0.2) is 31.0 Å². The summed E-state index contributed by atoms with van der Waals surface area (Å²) in [6.45, 7) is 16.7. The first kappa shape index (κ1) is 69.2. The van der Waals surface area contributed by atoms with Crippen LogP contribution in [0.15, 0.2) is 152 Å². The Kier molecular flexibility index (Phi) is 19.1. The average molecular weight is 1360 g/mol. The first-order valence-electron chi connectivity index (χ1n) is 40.5. The molecule has 5 heteroatoms. The van der Waals surface area contributed by atoms with E-state index in [1.54, 1.807) is 83.5 Å². The molecule has 20 rings (SSSR count). The van der Waals surface area contributed by atoms with Crippen LogP contribution >= 0.6 is 0 Å². The molecule has 5 aromatic carbocycles. The fourth-order valence-corrected chi connectivity index (χ4v) is 22.5. The summed E-state index contributed by atoms with van der Waals surface area (Å²) in [7, 11) is 10.8. The highest BCUT2D eigenvalue weighted by molar-refractivity contribution is 5.73. The van der Waals surface area contributed by atoms with Gasteiger partial charge in [0.2, 0.25) is 28.5 Å². The van der Waals surface area contributed by atoms with E-state index in [1.807, 2.05) is 0 Å². The number of benzene rings is 5. The molecule has 0 spiro atoms. The number of hydrogen-bond donors (Lipinski definition) is 0. The van der Waals surface area contributed by atoms with Crippen LogP contribution in [-0.2, 0) is 110 Å². The first-order valence-corrected chi connectivity index (χ1v) is 40.5. The highest BCUT2D eigenvalue weighted by Gasteiger charge is 2.42. The number of hydrogen-bond acceptors (Lipinski definition) is 0. The van der Waals surface area contributed by atoms with E-state index >= 15 is 0 Å². The zero-order chi connectivity index (χ0) is 71.0.